The van der Waals surface area contributed by atoms with Gasteiger partial charge in [0.25, 0.3) is 5.56 Å². The maximum absolute atomic E-state index is 13.7. The monoisotopic (exact) mass is 626 g/mol. The number of Topliss-reactive ketones (excluding diaryl/α,β-unsaturated/α-hetero) is 1. The van der Waals surface area contributed by atoms with Crippen molar-refractivity contribution >= 4 is 28.9 Å². The SMILES string of the molecule is C.COc1ccc(C(=O)Cn2c(=O)c3c(nc(N4CCNCC4)n3CC=C(C)C)n(C)c2=O)c(OC)c1.O=C(O)C(F)(F)F. The summed E-state index contributed by atoms with van der Waals surface area (Å²) in [4.78, 5) is 55.9. The molecule has 1 aromatic carbocycles. The Balaban J connectivity index is 0.000000756. The van der Waals surface area contributed by atoms with Gasteiger partial charge in [0.2, 0.25) is 5.95 Å². The first-order valence-electron chi connectivity index (χ1n) is 13.1. The normalized spacial score (nSPS) is 13.0. The third-order valence-corrected chi connectivity index (χ3v) is 6.55. The summed E-state index contributed by atoms with van der Waals surface area (Å²) < 4.78 is 46.4. The average molecular weight is 627 g/mol. The highest BCUT2D eigenvalue weighted by molar-refractivity contribution is 5.98. The van der Waals surface area contributed by atoms with Crippen LogP contribution in [0, 0.1) is 0 Å². The van der Waals surface area contributed by atoms with E-state index >= 15 is 0 Å². The topological polar surface area (TPSA) is 150 Å². The number of piperazine rings is 1. The molecule has 0 amide bonds. The fourth-order valence-corrected chi connectivity index (χ4v) is 4.31. The van der Waals surface area contributed by atoms with Crippen molar-refractivity contribution in [1.82, 2.24) is 24.0 Å². The van der Waals surface area contributed by atoms with Crippen LogP contribution < -0.4 is 30.9 Å². The number of imidazole rings is 1. The molecule has 242 valence electrons. The predicted molar refractivity (Wildman–Crippen MR) is 158 cm³/mol. The van der Waals surface area contributed by atoms with Crippen molar-refractivity contribution < 1.29 is 37.3 Å². The van der Waals surface area contributed by atoms with Crippen molar-refractivity contribution in [1.29, 1.82) is 0 Å². The molecule has 1 aliphatic heterocycles. The Labute approximate surface area is 251 Å². The van der Waals surface area contributed by atoms with Crippen molar-refractivity contribution in [2.24, 2.45) is 7.05 Å². The minimum Gasteiger partial charge on any atom is -0.497 e. The van der Waals surface area contributed by atoms with Crippen LogP contribution in [0.15, 0.2) is 39.4 Å². The number of allylic oxidation sites excluding steroid dienone is 2. The second-order valence-corrected chi connectivity index (χ2v) is 9.74. The van der Waals surface area contributed by atoms with Crippen molar-refractivity contribution in [3.8, 4) is 11.5 Å². The summed E-state index contributed by atoms with van der Waals surface area (Å²) >= 11 is 0. The smallest absolute Gasteiger partial charge is 0.490 e. The molecule has 0 unspecified atom stereocenters. The zero-order valence-electron chi connectivity index (χ0n) is 24.3. The Morgan fingerprint density at radius 3 is 2.23 bits per heavy atom. The third-order valence-electron chi connectivity index (χ3n) is 6.55. The number of alkyl halides is 3. The van der Waals surface area contributed by atoms with Crippen LogP contribution in [-0.2, 0) is 24.9 Å². The molecule has 3 aromatic rings. The number of hydrogen-bond donors (Lipinski definition) is 2. The third kappa shape index (κ3) is 7.86. The highest BCUT2D eigenvalue weighted by Crippen LogP contribution is 2.25. The lowest BCUT2D eigenvalue weighted by Gasteiger charge is -2.28. The number of carbonyl (C=O) groups is 2. The zero-order valence-corrected chi connectivity index (χ0v) is 24.3. The lowest BCUT2D eigenvalue weighted by molar-refractivity contribution is -0.192. The minimum atomic E-state index is -5.08. The minimum absolute atomic E-state index is 0. The van der Waals surface area contributed by atoms with Gasteiger partial charge >= 0.3 is 17.8 Å². The number of aromatic nitrogens is 4. The molecule has 0 saturated carbocycles. The number of benzene rings is 1. The number of carboxylic acid groups (broad SMARTS) is 1. The van der Waals surface area contributed by atoms with Crippen LogP contribution in [0.5, 0.6) is 11.5 Å². The standard InChI is InChI=1S/C25H32N6O5.C2HF3O2.CH4/c1-16(2)8-11-30-21-22(27-24(30)29-12-9-26-10-13-29)28(3)25(34)31(23(21)33)15-19(32)18-7-6-17(35-4)14-20(18)36-5;3-2(4,5)1(6)7;/h6-8,14,26H,9-13,15H2,1-5H3;(H,6,7);1H4. The Bertz CT molecular complexity index is 1650. The van der Waals surface area contributed by atoms with E-state index in [9.17, 15) is 27.6 Å². The van der Waals surface area contributed by atoms with Gasteiger partial charge in [-0.2, -0.15) is 18.2 Å². The molecule has 4 rings (SSSR count). The van der Waals surface area contributed by atoms with Crippen LogP contribution in [-0.4, -0.2) is 82.1 Å². The van der Waals surface area contributed by atoms with Gasteiger partial charge in [-0.1, -0.05) is 19.1 Å². The number of aryl methyl sites for hydroxylation is 1. The number of nitrogens with one attached hydrogen (secondary N) is 1. The first-order chi connectivity index (χ1) is 20.2. The fourth-order valence-electron chi connectivity index (χ4n) is 4.31. The van der Waals surface area contributed by atoms with E-state index in [0.29, 0.717) is 29.6 Å². The number of ketones is 1. The molecular formula is C28H37F3N6O7. The molecule has 0 spiro atoms. The molecule has 0 radical (unpaired) electrons. The number of carbonyl (C=O) groups excluding carboxylic acids is 1. The van der Waals surface area contributed by atoms with Gasteiger partial charge in [0, 0.05) is 45.8 Å². The van der Waals surface area contributed by atoms with E-state index in [4.69, 9.17) is 24.4 Å². The second-order valence-electron chi connectivity index (χ2n) is 9.74. The van der Waals surface area contributed by atoms with Gasteiger partial charge < -0.3 is 29.4 Å². The first kappa shape index (κ1) is 35.6. The lowest BCUT2D eigenvalue weighted by Crippen LogP contribution is -2.44. The molecule has 13 nitrogen and oxygen atoms in total. The van der Waals surface area contributed by atoms with Crippen LogP contribution in [0.25, 0.3) is 11.2 Å². The number of carboxylic acids is 1. The van der Waals surface area contributed by atoms with Crippen molar-refractivity contribution in [2.75, 3.05) is 45.3 Å². The van der Waals surface area contributed by atoms with Crippen LogP contribution in [0.2, 0.25) is 0 Å². The van der Waals surface area contributed by atoms with Crippen LogP contribution in [0.3, 0.4) is 0 Å². The zero-order chi connectivity index (χ0) is 32.1. The molecule has 1 aliphatic rings. The molecule has 0 aliphatic carbocycles. The summed E-state index contributed by atoms with van der Waals surface area (Å²) in [7, 11) is 4.53. The van der Waals surface area contributed by atoms with Gasteiger partial charge in [-0.25, -0.2) is 9.59 Å². The quantitative estimate of drug-likeness (QED) is 0.282. The van der Waals surface area contributed by atoms with E-state index in [2.05, 4.69) is 10.2 Å². The Morgan fingerprint density at radius 1 is 1.09 bits per heavy atom. The summed E-state index contributed by atoms with van der Waals surface area (Å²) in [6.45, 7) is 7.02. The van der Waals surface area contributed by atoms with E-state index in [1.807, 2.05) is 24.5 Å². The molecule has 0 bridgehead atoms. The molecule has 1 saturated heterocycles. The molecule has 2 N–H and O–H groups in total. The molecule has 2 aromatic heterocycles. The van der Waals surface area contributed by atoms with E-state index in [1.54, 1.807) is 25.2 Å². The van der Waals surface area contributed by atoms with Crippen molar-refractivity contribution in [3.63, 3.8) is 0 Å². The Morgan fingerprint density at radius 2 is 1.70 bits per heavy atom. The summed E-state index contributed by atoms with van der Waals surface area (Å²) in [5.41, 5.74) is 0.781. The first-order valence-corrected chi connectivity index (χ1v) is 13.1. The summed E-state index contributed by atoms with van der Waals surface area (Å²) in [6.07, 6.45) is -3.07. The lowest BCUT2D eigenvalue weighted by atomic mass is 10.1. The fraction of sp³-hybridized carbons (Fsp3) is 0.464. The maximum atomic E-state index is 13.7. The van der Waals surface area contributed by atoms with E-state index in [-0.39, 0.29) is 18.5 Å². The number of nitrogens with zero attached hydrogens (tertiary/aromatic N) is 5. The number of hydrogen-bond acceptors (Lipinski definition) is 9. The van der Waals surface area contributed by atoms with Crippen LogP contribution in [0.1, 0.15) is 31.6 Å². The van der Waals surface area contributed by atoms with Crippen molar-refractivity contribution in [2.45, 2.75) is 40.5 Å². The summed E-state index contributed by atoms with van der Waals surface area (Å²) in [5.74, 6) is -1.71. The number of halogens is 3. The maximum Gasteiger partial charge on any atom is 0.490 e. The molecular weight excluding hydrogens is 589 g/mol. The Kier molecular flexibility index (Phi) is 11.9. The number of rotatable bonds is 8. The molecule has 0 atom stereocenters. The number of aliphatic carboxylic acids is 1. The molecule has 3 heterocycles. The molecule has 1 fully saturated rings. The largest absolute Gasteiger partial charge is 0.497 e. The highest BCUT2D eigenvalue weighted by atomic mass is 19.4. The van der Waals surface area contributed by atoms with E-state index in [1.165, 1.54) is 18.8 Å². The molecule has 16 heteroatoms. The van der Waals surface area contributed by atoms with Gasteiger partial charge in [0.15, 0.2) is 16.9 Å². The average Bonchev–Trinajstić information content (AvgIpc) is 3.36. The highest BCUT2D eigenvalue weighted by Gasteiger charge is 2.38. The van der Waals surface area contributed by atoms with Gasteiger partial charge in [0.1, 0.15) is 11.5 Å². The van der Waals surface area contributed by atoms with E-state index in [0.717, 1.165) is 36.3 Å². The Hall–Kier alpha value is -4.60. The molecule has 44 heavy (non-hydrogen) atoms. The van der Waals surface area contributed by atoms with Gasteiger partial charge in [-0.15, -0.1) is 0 Å². The number of fused-ring (bicyclic) bond motifs is 1. The van der Waals surface area contributed by atoms with E-state index < -0.39 is 35.7 Å². The second kappa shape index (κ2) is 14.7. The predicted octanol–water partition coefficient (Wildman–Crippen LogP) is 2.44. The number of ether oxygens (including phenoxy) is 2. The van der Waals surface area contributed by atoms with Gasteiger partial charge in [0.05, 0.1) is 26.3 Å². The van der Waals surface area contributed by atoms with Crippen LogP contribution >= 0.6 is 0 Å². The van der Waals surface area contributed by atoms with Gasteiger partial charge in [-0.3, -0.25) is 18.7 Å². The summed E-state index contributed by atoms with van der Waals surface area (Å²) in [5, 5.41) is 10.4. The van der Waals surface area contributed by atoms with Crippen LogP contribution in [0.4, 0.5) is 19.1 Å². The summed E-state index contributed by atoms with van der Waals surface area (Å²) in [6, 6.07) is 4.79. The number of anilines is 1. The van der Waals surface area contributed by atoms with Crippen molar-refractivity contribution in [3.05, 3.63) is 56.2 Å². The number of methoxy groups -OCH3 is 2. The van der Waals surface area contributed by atoms with Gasteiger partial charge in [-0.05, 0) is 26.0 Å².